The highest BCUT2D eigenvalue weighted by molar-refractivity contribution is 7.15. The molecule has 0 atom stereocenters. The molecule has 4 nitrogen and oxygen atoms in total. The Morgan fingerprint density at radius 1 is 1.13 bits per heavy atom. The molecule has 1 amide bonds. The number of aromatic nitrogens is 2. The Morgan fingerprint density at radius 2 is 1.93 bits per heavy atom. The third-order valence-corrected chi connectivity index (χ3v) is 7.43. The highest BCUT2D eigenvalue weighted by Gasteiger charge is 2.48. The van der Waals surface area contributed by atoms with Crippen molar-refractivity contribution >= 4 is 39.7 Å². The van der Waals surface area contributed by atoms with Gasteiger partial charge in [0.15, 0.2) is 0 Å². The Hall–Kier alpha value is -2.76. The van der Waals surface area contributed by atoms with Crippen LogP contribution >= 0.6 is 22.9 Å². The number of carbonyl (C=O) groups is 1. The number of primary amides is 1. The number of benzene rings is 2. The van der Waals surface area contributed by atoms with Crippen molar-refractivity contribution in [3.63, 3.8) is 0 Å². The summed E-state index contributed by atoms with van der Waals surface area (Å²) in [7, 11) is 0. The number of halogens is 1. The molecular formula is C24H20ClN3OS. The van der Waals surface area contributed by atoms with Crippen molar-refractivity contribution in [1.29, 1.82) is 0 Å². The van der Waals surface area contributed by atoms with Crippen LogP contribution in [0.1, 0.15) is 44.9 Å². The maximum atomic E-state index is 11.9. The number of pyridine rings is 1. The molecule has 0 bridgehead atoms. The number of thiazole rings is 1. The first-order chi connectivity index (χ1) is 14.4. The van der Waals surface area contributed by atoms with Gasteiger partial charge in [-0.05, 0) is 61.6 Å². The summed E-state index contributed by atoms with van der Waals surface area (Å²) in [5, 5.41) is 2.69. The predicted octanol–water partition coefficient (Wildman–Crippen LogP) is 5.81. The zero-order valence-corrected chi connectivity index (χ0v) is 18.3. The second-order valence-electron chi connectivity index (χ2n) is 7.85. The fourth-order valence-corrected chi connectivity index (χ4v) is 5.66. The normalized spacial score (nSPS) is 14.8. The smallest absolute Gasteiger partial charge is 0.248 e. The molecule has 0 spiro atoms. The summed E-state index contributed by atoms with van der Waals surface area (Å²) in [6, 6.07) is 12.1. The first kappa shape index (κ1) is 19.2. The lowest BCUT2D eigenvalue weighted by atomic mass is 9.81. The van der Waals surface area contributed by atoms with E-state index in [9.17, 15) is 4.79 Å². The quantitative estimate of drug-likeness (QED) is 0.441. The number of nitrogens with two attached hydrogens (primary N) is 1. The summed E-state index contributed by atoms with van der Waals surface area (Å²) in [6.07, 6.45) is 5.65. The van der Waals surface area contributed by atoms with Crippen LogP contribution in [0.3, 0.4) is 0 Å². The molecule has 1 aliphatic carbocycles. The van der Waals surface area contributed by atoms with E-state index in [0.29, 0.717) is 10.6 Å². The second-order valence-corrected chi connectivity index (χ2v) is 9.47. The molecule has 0 saturated heterocycles. The highest BCUT2D eigenvalue weighted by atomic mass is 35.5. The molecule has 150 valence electrons. The number of nitrogens with zero attached hydrogens (tertiary/aromatic N) is 2. The number of aryl methyl sites for hydroxylation is 1. The lowest BCUT2D eigenvalue weighted by Crippen LogP contribution is -2.17. The Balaban J connectivity index is 1.80. The minimum Gasteiger partial charge on any atom is -0.366 e. The van der Waals surface area contributed by atoms with Gasteiger partial charge in [0, 0.05) is 34.3 Å². The van der Waals surface area contributed by atoms with E-state index >= 15 is 0 Å². The predicted molar refractivity (Wildman–Crippen MR) is 122 cm³/mol. The lowest BCUT2D eigenvalue weighted by Gasteiger charge is -2.23. The summed E-state index contributed by atoms with van der Waals surface area (Å²) in [4.78, 5) is 22.0. The van der Waals surface area contributed by atoms with Gasteiger partial charge in [-0.15, -0.1) is 11.3 Å². The van der Waals surface area contributed by atoms with E-state index in [-0.39, 0.29) is 5.41 Å². The van der Waals surface area contributed by atoms with Crippen LogP contribution in [-0.4, -0.2) is 15.9 Å². The van der Waals surface area contributed by atoms with Crippen molar-refractivity contribution in [3.05, 3.63) is 81.1 Å². The monoisotopic (exact) mass is 433 g/mol. The van der Waals surface area contributed by atoms with Crippen molar-refractivity contribution in [2.24, 2.45) is 5.73 Å². The molecule has 0 radical (unpaired) electrons. The molecule has 2 aromatic heterocycles. The number of fused-ring (bicyclic) bond motifs is 1. The van der Waals surface area contributed by atoms with Crippen LogP contribution in [0.5, 0.6) is 0 Å². The van der Waals surface area contributed by atoms with Crippen LogP contribution in [0.4, 0.5) is 0 Å². The number of rotatable bonds is 4. The third kappa shape index (κ3) is 2.84. The van der Waals surface area contributed by atoms with Crippen molar-refractivity contribution in [1.82, 2.24) is 9.97 Å². The van der Waals surface area contributed by atoms with Crippen LogP contribution in [0.2, 0.25) is 5.02 Å². The molecule has 6 heteroatoms. The van der Waals surface area contributed by atoms with Gasteiger partial charge in [-0.1, -0.05) is 29.8 Å². The van der Waals surface area contributed by atoms with Crippen molar-refractivity contribution in [2.75, 3.05) is 0 Å². The first-order valence-corrected chi connectivity index (χ1v) is 11.0. The Kier molecular flexibility index (Phi) is 4.42. The molecule has 1 aliphatic rings. The number of hydrogen-bond acceptors (Lipinski definition) is 4. The van der Waals surface area contributed by atoms with Gasteiger partial charge in [-0.3, -0.25) is 9.78 Å². The Morgan fingerprint density at radius 3 is 2.60 bits per heavy atom. The van der Waals surface area contributed by atoms with Gasteiger partial charge in [0.1, 0.15) is 0 Å². The van der Waals surface area contributed by atoms with Gasteiger partial charge in [0.05, 0.1) is 20.4 Å². The number of carbonyl (C=O) groups excluding carboxylic acids is 1. The van der Waals surface area contributed by atoms with Crippen LogP contribution in [0.15, 0.2) is 48.8 Å². The zero-order valence-electron chi connectivity index (χ0n) is 16.7. The SMILES string of the molecule is Cc1ncc(-c2cc(C3(c4cccc(C(N)=O)c4C)CC3)c3cccnc3c2Cl)s1. The van der Waals surface area contributed by atoms with Crippen LogP contribution in [-0.2, 0) is 5.41 Å². The van der Waals surface area contributed by atoms with Crippen LogP contribution in [0, 0.1) is 13.8 Å². The molecule has 2 heterocycles. The van der Waals surface area contributed by atoms with E-state index < -0.39 is 5.91 Å². The number of hydrogen-bond donors (Lipinski definition) is 1. The van der Waals surface area contributed by atoms with E-state index in [1.165, 1.54) is 5.56 Å². The minimum atomic E-state index is -0.395. The molecule has 1 fully saturated rings. The molecule has 2 aromatic carbocycles. The van der Waals surface area contributed by atoms with E-state index in [1.807, 2.05) is 32.2 Å². The van der Waals surface area contributed by atoms with Crippen molar-refractivity contribution in [3.8, 4) is 10.4 Å². The Bertz CT molecular complexity index is 1320. The van der Waals surface area contributed by atoms with Gasteiger partial charge >= 0.3 is 0 Å². The first-order valence-electron chi connectivity index (χ1n) is 9.83. The standard InChI is InChI=1S/C24H20ClN3OS/c1-13-15(23(26)29)5-3-7-18(13)24(8-9-24)19-11-17(20-12-28-14(2)30-20)21(25)22-16(19)6-4-10-27-22/h3-7,10-12H,8-9H2,1-2H3,(H2,26,29). The molecule has 2 N–H and O–H groups in total. The van der Waals surface area contributed by atoms with Crippen molar-refractivity contribution in [2.45, 2.75) is 32.1 Å². The van der Waals surface area contributed by atoms with Gasteiger partial charge in [-0.2, -0.15) is 0 Å². The second kappa shape index (κ2) is 6.89. The average molecular weight is 434 g/mol. The van der Waals surface area contributed by atoms with Gasteiger partial charge < -0.3 is 5.73 Å². The molecule has 30 heavy (non-hydrogen) atoms. The van der Waals surface area contributed by atoms with E-state index in [2.05, 4.69) is 28.2 Å². The molecule has 5 rings (SSSR count). The molecule has 0 unspecified atom stereocenters. The fraction of sp³-hybridized carbons (Fsp3) is 0.208. The number of amides is 1. The summed E-state index contributed by atoms with van der Waals surface area (Å²) < 4.78 is 0. The minimum absolute atomic E-state index is 0.171. The summed E-state index contributed by atoms with van der Waals surface area (Å²) in [5.74, 6) is -0.395. The molecule has 4 aromatic rings. The van der Waals surface area contributed by atoms with Crippen molar-refractivity contribution < 1.29 is 4.79 Å². The molecular weight excluding hydrogens is 414 g/mol. The third-order valence-electron chi connectivity index (χ3n) is 6.10. The zero-order chi connectivity index (χ0) is 21.0. The van der Waals surface area contributed by atoms with E-state index in [1.54, 1.807) is 23.6 Å². The lowest BCUT2D eigenvalue weighted by molar-refractivity contribution is 0.0999. The van der Waals surface area contributed by atoms with Gasteiger partial charge in [-0.25, -0.2) is 4.98 Å². The topological polar surface area (TPSA) is 68.9 Å². The van der Waals surface area contributed by atoms with E-state index in [4.69, 9.17) is 17.3 Å². The fourth-order valence-electron chi connectivity index (χ4n) is 4.50. The molecule has 1 saturated carbocycles. The maximum Gasteiger partial charge on any atom is 0.248 e. The summed E-state index contributed by atoms with van der Waals surface area (Å²) in [6.45, 7) is 3.97. The van der Waals surface area contributed by atoms with Gasteiger partial charge in [0.2, 0.25) is 5.91 Å². The van der Waals surface area contributed by atoms with Crippen LogP contribution in [0.25, 0.3) is 21.3 Å². The average Bonchev–Trinajstić information content (AvgIpc) is 3.42. The Labute approximate surface area is 183 Å². The maximum absolute atomic E-state index is 11.9. The van der Waals surface area contributed by atoms with Crippen LogP contribution < -0.4 is 5.73 Å². The van der Waals surface area contributed by atoms with E-state index in [0.717, 1.165) is 50.3 Å². The summed E-state index contributed by atoms with van der Waals surface area (Å²) in [5.41, 5.74) is 11.1. The van der Waals surface area contributed by atoms with Gasteiger partial charge in [0.25, 0.3) is 0 Å². The highest BCUT2D eigenvalue weighted by Crippen LogP contribution is 2.57. The largest absolute Gasteiger partial charge is 0.366 e. The molecule has 0 aliphatic heterocycles. The summed E-state index contributed by atoms with van der Waals surface area (Å²) >= 11 is 8.45.